The average Bonchev–Trinajstić information content (AvgIpc) is 2.64. The Morgan fingerprint density at radius 2 is 2.15 bits per heavy atom. The van der Waals surface area contributed by atoms with Gasteiger partial charge in [-0.05, 0) is 24.3 Å². The number of hydrogen-bond acceptors (Lipinski definition) is 5. The van der Waals surface area contributed by atoms with Gasteiger partial charge in [0, 0.05) is 10.6 Å². The van der Waals surface area contributed by atoms with E-state index in [2.05, 4.69) is 15.0 Å². The van der Waals surface area contributed by atoms with Gasteiger partial charge in [0.15, 0.2) is 5.17 Å². The van der Waals surface area contributed by atoms with E-state index in [9.17, 15) is 4.79 Å². The lowest BCUT2D eigenvalue weighted by Crippen LogP contribution is -2.13. The minimum absolute atomic E-state index is 0.202. The van der Waals surface area contributed by atoms with Crippen molar-refractivity contribution < 1.29 is 4.74 Å². The standard InChI is InChI=1S/C18H17ClN4O2S/c1-25-15-5-3-2-4-11(15)9-21-18(20)26-10-16-22-14-8-12(19)6-7-13(14)17(24)23-16/h2-8H,9-10H2,1H3,(H2,20,21)(H,22,23,24). The first-order valence-corrected chi connectivity index (χ1v) is 9.16. The van der Waals surface area contributed by atoms with Crippen LogP contribution in [0.1, 0.15) is 11.4 Å². The predicted molar refractivity (Wildman–Crippen MR) is 107 cm³/mol. The van der Waals surface area contributed by atoms with Crippen molar-refractivity contribution >= 4 is 39.4 Å². The van der Waals surface area contributed by atoms with Crippen LogP contribution in [0.5, 0.6) is 5.75 Å². The highest BCUT2D eigenvalue weighted by molar-refractivity contribution is 8.13. The quantitative estimate of drug-likeness (QED) is 0.516. The maximum absolute atomic E-state index is 12.1. The molecule has 0 fully saturated rings. The lowest BCUT2D eigenvalue weighted by atomic mass is 10.2. The fraction of sp³-hybridized carbons (Fsp3) is 0.167. The molecule has 134 valence electrons. The van der Waals surface area contributed by atoms with Crippen molar-refractivity contribution in [2.75, 3.05) is 7.11 Å². The van der Waals surface area contributed by atoms with Crippen molar-refractivity contribution in [3.05, 3.63) is 69.2 Å². The summed E-state index contributed by atoms with van der Waals surface area (Å²) in [4.78, 5) is 23.6. The number of amidine groups is 1. The van der Waals surface area contributed by atoms with Crippen LogP contribution in [0.25, 0.3) is 10.9 Å². The van der Waals surface area contributed by atoms with Gasteiger partial charge in [0.1, 0.15) is 11.6 Å². The minimum atomic E-state index is -0.202. The number of hydrogen-bond donors (Lipinski definition) is 2. The smallest absolute Gasteiger partial charge is 0.258 e. The molecule has 26 heavy (non-hydrogen) atoms. The number of benzene rings is 2. The number of halogens is 1. The fourth-order valence-electron chi connectivity index (χ4n) is 2.41. The van der Waals surface area contributed by atoms with Crippen molar-refractivity contribution in [3.63, 3.8) is 0 Å². The van der Waals surface area contributed by atoms with Gasteiger partial charge in [0.2, 0.25) is 0 Å². The van der Waals surface area contributed by atoms with E-state index in [4.69, 9.17) is 22.1 Å². The Balaban J connectivity index is 1.70. The molecule has 0 atom stereocenters. The van der Waals surface area contributed by atoms with Gasteiger partial charge >= 0.3 is 0 Å². The normalized spacial score (nSPS) is 11.7. The number of thioether (sulfide) groups is 1. The third kappa shape index (κ3) is 4.36. The third-order valence-electron chi connectivity index (χ3n) is 3.67. The molecule has 0 spiro atoms. The van der Waals surface area contributed by atoms with E-state index in [0.29, 0.717) is 39.2 Å². The number of fused-ring (bicyclic) bond motifs is 1. The number of nitrogens with zero attached hydrogens (tertiary/aromatic N) is 2. The van der Waals surface area contributed by atoms with Crippen LogP contribution in [0.2, 0.25) is 5.02 Å². The molecule has 3 rings (SSSR count). The van der Waals surface area contributed by atoms with Crippen molar-refractivity contribution in [2.45, 2.75) is 12.3 Å². The molecule has 2 aromatic carbocycles. The number of ether oxygens (including phenoxy) is 1. The van der Waals surface area contributed by atoms with Crippen LogP contribution in [0, 0.1) is 0 Å². The maximum Gasteiger partial charge on any atom is 0.258 e. The number of aromatic nitrogens is 2. The number of methoxy groups -OCH3 is 1. The van der Waals surface area contributed by atoms with Crippen molar-refractivity contribution in [3.8, 4) is 5.75 Å². The zero-order valence-electron chi connectivity index (χ0n) is 14.0. The molecule has 1 heterocycles. The zero-order chi connectivity index (χ0) is 18.5. The van der Waals surface area contributed by atoms with E-state index in [1.165, 1.54) is 11.8 Å². The lowest BCUT2D eigenvalue weighted by Gasteiger charge is -2.06. The Morgan fingerprint density at radius 3 is 2.96 bits per heavy atom. The predicted octanol–water partition coefficient (Wildman–Crippen LogP) is 3.33. The monoisotopic (exact) mass is 388 g/mol. The van der Waals surface area contributed by atoms with Crippen LogP contribution >= 0.6 is 23.4 Å². The summed E-state index contributed by atoms with van der Waals surface area (Å²) in [6, 6.07) is 12.6. The van der Waals surface area contributed by atoms with Crippen molar-refractivity contribution in [2.24, 2.45) is 10.7 Å². The van der Waals surface area contributed by atoms with Gasteiger partial charge in [-0.3, -0.25) is 9.79 Å². The van der Waals surface area contributed by atoms with Crippen LogP contribution in [-0.2, 0) is 12.3 Å². The fourth-order valence-corrected chi connectivity index (χ4v) is 3.16. The topological polar surface area (TPSA) is 93.4 Å². The third-order valence-corrected chi connectivity index (χ3v) is 4.75. The van der Waals surface area contributed by atoms with Crippen LogP contribution in [0.15, 0.2) is 52.3 Å². The summed E-state index contributed by atoms with van der Waals surface area (Å²) >= 11 is 7.27. The summed E-state index contributed by atoms with van der Waals surface area (Å²) in [5, 5.41) is 1.44. The van der Waals surface area contributed by atoms with Crippen LogP contribution in [0.3, 0.4) is 0 Å². The second kappa shape index (κ2) is 8.25. The highest BCUT2D eigenvalue weighted by Crippen LogP contribution is 2.19. The van der Waals surface area contributed by atoms with Crippen molar-refractivity contribution in [1.82, 2.24) is 9.97 Å². The molecule has 0 unspecified atom stereocenters. The molecule has 0 amide bonds. The maximum atomic E-state index is 12.1. The van der Waals surface area contributed by atoms with Gasteiger partial charge < -0.3 is 15.5 Å². The van der Waals surface area contributed by atoms with Gasteiger partial charge in [-0.1, -0.05) is 41.6 Å². The van der Waals surface area contributed by atoms with Gasteiger partial charge in [-0.2, -0.15) is 0 Å². The van der Waals surface area contributed by atoms with E-state index in [-0.39, 0.29) is 5.56 Å². The number of nitrogens with two attached hydrogens (primary N) is 1. The van der Waals surface area contributed by atoms with E-state index in [1.54, 1.807) is 25.3 Å². The van der Waals surface area contributed by atoms with Crippen LogP contribution in [0.4, 0.5) is 0 Å². The van der Waals surface area contributed by atoms with E-state index in [0.717, 1.165) is 11.3 Å². The van der Waals surface area contributed by atoms with Gasteiger partial charge in [0.05, 0.1) is 30.3 Å². The number of rotatable bonds is 5. The first kappa shape index (κ1) is 18.3. The molecule has 0 aliphatic rings. The second-order valence-electron chi connectivity index (χ2n) is 5.43. The lowest BCUT2D eigenvalue weighted by molar-refractivity contribution is 0.410. The Hall–Kier alpha value is -2.51. The van der Waals surface area contributed by atoms with E-state index >= 15 is 0 Å². The number of aromatic amines is 1. The molecular formula is C18H17ClN4O2S. The molecule has 3 aromatic rings. The van der Waals surface area contributed by atoms with E-state index in [1.807, 2.05) is 24.3 Å². The van der Waals surface area contributed by atoms with E-state index < -0.39 is 0 Å². The summed E-state index contributed by atoms with van der Waals surface area (Å²) in [5.74, 6) is 1.69. The summed E-state index contributed by atoms with van der Waals surface area (Å²) < 4.78 is 5.29. The Kier molecular flexibility index (Phi) is 5.80. The second-order valence-corrected chi connectivity index (χ2v) is 6.86. The Bertz CT molecular complexity index is 1020. The molecule has 0 radical (unpaired) electrons. The SMILES string of the molecule is COc1ccccc1CN=C(N)SCc1nc2cc(Cl)ccc2c(=O)[nH]1. The zero-order valence-corrected chi connectivity index (χ0v) is 15.6. The summed E-state index contributed by atoms with van der Waals surface area (Å²) in [5.41, 5.74) is 7.27. The highest BCUT2D eigenvalue weighted by Gasteiger charge is 2.06. The van der Waals surface area contributed by atoms with Crippen molar-refractivity contribution in [1.29, 1.82) is 0 Å². The average molecular weight is 389 g/mol. The molecule has 0 saturated carbocycles. The number of nitrogens with one attached hydrogen (secondary N) is 1. The number of H-pyrrole nitrogens is 1. The number of para-hydroxylation sites is 1. The summed E-state index contributed by atoms with van der Waals surface area (Å²) in [6.45, 7) is 0.417. The molecule has 1 aromatic heterocycles. The summed E-state index contributed by atoms with van der Waals surface area (Å²) in [6.07, 6.45) is 0. The Labute approximate surface area is 159 Å². The molecular weight excluding hydrogens is 372 g/mol. The van der Waals surface area contributed by atoms with Crippen LogP contribution in [-0.4, -0.2) is 22.2 Å². The molecule has 0 saturated heterocycles. The first-order valence-electron chi connectivity index (χ1n) is 7.80. The molecule has 0 aliphatic carbocycles. The summed E-state index contributed by atoms with van der Waals surface area (Å²) in [7, 11) is 1.62. The van der Waals surface area contributed by atoms with Gasteiger partial charge in [0.25, 0.3) is 5.56 Å². The first-order chi connectivity index (χ1) is 12.6. The molecule has 8 heteroatoms. The minimum Gasteiger partial charge on any atom is -0.496 e. The van der Waals surface area contributed by atoms with Gasteiger partial charge in [-0.25, -0.2) is 4.98 Å². The Morgan fingerprint density at radius 1 is 1.35 bits per heavy atom. The molecule has 6 nitrogen and oxygen atoms in total. The molecule has 3 N–H and O–H groups in total. The number of aliphatic imine (C=N–C) groups is 1. The molecule has 0 bridgehead atoms. The largest absolute Gasteiger partial charge is 0.496 e. The highest BCUT2D eigenvalue weighted by atomic mass is 35.5. The van der Waals surface area contributed by atoms with Gasteiger partial charge in [-0.15, -0.1) is 0 Å². The molecule has 0 aliphatic heterocycles. The van der Waals surface area contributed by atoms with Crippen LogP contribution < -0.4 is 16.0 Å².